The van der Waals surface area contributed by atoms with Crippen LogP contribution in [-0.4, -0.2) is 72.9 Å². The molecule has 2 atom stereocenters. The second-order valence-corrected chi connectivity index (χ2v) is 8.33. The highest BCUT2D eigenvalue weighted by Gasteiger charge is 2.36. The molecule has 0 saturated carbocycles. The molecule has 1 saturated heterocycles. The van der Waals surface area contributed by atoms with Crippen LogP contribution in [0.15, 0.2) is 29.3 Å². The molecule has 14 heteroatoms. The monoisotopic (exact) mass is 511 g/mol. The van der Waals surface area contributed by atoms with E-state index in [1.807, 2.05) is 4.90 Å². The molecule has 0 aromatic carbocycles. The highest BCUT2D eigenvalue weighted by Crippen LogP contribution is 2.30. The minimum absolute atomic E-state index is 0.128. The number of alkyl halides is 3. The third-order valence-corrected chi connectivity index (χ3v) is 6.12. The number of likely N-dealkylation sites (N-methyl/N-ethyl adjacent to an activating group) is 1. The highest BCUT2D eigenvalue weighted by atomic mass is 19.4. The number of rotatable bonds is 5. The number of nitrogens with zero attached hydrogens (tertiary/aromatic N) is 4. The Morgan fingerprint density at radius 1 is 1.33 bits per heavy atom. The zero-order valence-corrected chi connectivity index (χ0v) is 20.2. The Hall–Kier alpha value is -3.81. The summed E-state index contributed by atoms with van der Waals surface area (Å²) in [6.45, 7) is 0.842. The van der Waals surface area contributed by atoms with Gasteiger partial charge in [-0.25, -0.2) is 9.78 Å². The Morgan fingerprint density at radius 2 is 2.03 bits per heavy atom. The van der Waals surface area contributed by atoms with Crippen LogP contribution in [0.3, 0.4) is 0 Å². The number of ether oxygens (including phenoxy) is 2. The summed E-state index contributed by atoms with van der Waals surface area (Å²) in [4.78, 5) is 32.6. The summed E-state index contributed by atoms with van der Waals surface area (Å²) in [7, 11) is 5.52. The van der Waals surface area contributed by atoms with E-state index in [2.05, 4.69) is 10.3 Å². The topological polar surface area (TPSA) is 139 Å². The number of methoxy groups -OCH3 is 2. The molecule has 3 heterocycles. The number of halogens is 3. The van der Waals surface area contributed by atoms with Crippen molar-refractivity contribution < 1.29 is 27.4 Å². The molecule has 2 aromatic rings. The predicted octanol–water partition coefficient (Wildman–Crippen LogP) is 2.11. The van der Waals surface area contributed by atoms with Crippen molar-refractivity contribution in [2.75, 3.05) is 50.3 Å². The lowest BCUT2D eigenvalue weighted by Gasteiger charge is -2.42. The van der Waals surface area contributed by atoms with Crippen molar-refractivity contribution >= 4 is 29.1 Å². The quantitative estimate of drug-likeness (QED) is 0.413. The average molecular weight is 512 g/mol. The molecule has 1 aliphatic rings. The highest BCUT2D eigenvalue weighted by molar-refractivity contribution is 5.96. The van der Waals surface area contributed by atoms with Crippen molar-refractivity contribution in [2.45, 2.75) is 24.7 Å². The third-order valence-electron chi connectivity index (χ3n) is 6.12. The Morgan fingerprint density at radius 3 is 2.64 bits per heavy atom. The number of amides is 2. The number of aromatic nitrogens is 2. The lowest BCUT2D eigenvalue weighted by molar-refractivity contribution is -0.138. The molecule has 1 aliphatic heterocycles. The summed E-state index contributed by atoms with van der Waals surface area (Å²) < 4.78 is 50.8. The first-order chi connectivity index (χ1) is 16.9. The van der Waals surface area contributed by atoms with E-state index in [1.54, 1.807) is 12.3 Å². The molecule has 2 aromatic heterocycles. The fourth-order valence-corrected chi connectivity index (χ4v) is 4.05. The first kappa shape index (κ1) is 26.8. The molecule has 196 valence electrons. The molecule has 4 N–H and O–H groups in total. The zero-order valence-electron chi connectivity index (χ0n) is 20.2. The van der Waals surface area contributed by atoms with Gasteiger partial charge in [-0.05, 0) is 18.6 Å². The number of anilines is 3. The fourth-order valence-electron chi connectivity index (χ4n) is 4.05. The van der Waals surface area contributed by atoms with Crippen LogP contribution in [0.5, 0.6) is 0 Å². The van der Waals surface area contributed by atoms with Gasteiger partial charge in [-0.3, -0.25) is 10.2 Å². The lowest BCUT2D eigenvalue weighted by Crippen LogP contribution is -2.56. The summed E-state index contributed by atoms with van der Waals surface area (Å²) in [6.07, 6.45) is -2.46. The number of carbonyl (C=O) groups excluding carboxylic acids is 1. The molecule has 1 fully saturated rings. The first-order valence-corrected chi connectivity index (χ1v) is 10.8. The van der Waals surface area contributed by atoms with Gasteiger partial charge in [-0.15, -0.1) is 0 Å². The molecular formula is C22H28F3N7O4. The average Bonchev–Trinajstić information content (AvgIpc) is 2.84. The van der Waals surface area contributed by atoms with E-state index in [4.69, 9.17) is 20.6 Å². The van der Waals surface area contributed by atoms with Crippen LogP contribution >= 0.6 is 0 Å². The smallest absolute Gasteiger partial charge is 0.417 e. The van der Waals surface area contributed by atoms with E-state index < -0.39 is 41.2 Å². The molecular weight excluding hydrogens is 483 g/mol. The standard InChI is InChI=1S/C22H28F3N7O4/c1-30-10-12(22(23,24)25)7-15(20(30)33)29-21(34)31(2)16-5-6-32(11-17(16)35-3)13-8-14(19(27)36-4)18(26)28-9-13/h7-10,16-17,27H,5-6,11H2,1-4H3,(H2,26,28)(H,29,34). The molecule has 2 amide bonds. The Kier molecular flexibility index (Phi) is 7.77. The van der Waals surface area contributed by atoms with Crippen molar-refractivity contribution in [1.29, 1.82) is 5.41 Å². The second kappa shape index (κ2) is 10.4. The van der Waals surface area contributed by atoms with E-state index in [-0.39, 0.29) is 11.7 Å². The molecule has 11 nitrogen and oxygen atoms in total. The summed E-state index contributed by atoms with van der Waals surface area (Å²) in [5.41, 5.74) is 4.57. The Labute approximate surface area is 205 Å². The number of piperidine rings is 1. The van der Waals surface area contributed by atoms with Gasteiger partial charge in [0.2, 0.25) is 5.90 Å². The maximum absolute atomic E-state index is 13.2. The van der Waals surface area contributed by atoms with Gasteiger partial charge >= 0.3 is 12.2 Å². The van der Waals surface area contributed by atoms with Gasteiger partial charge in [-0.2, -0.15) is 13.2 Å². The summed E-state index contributed by atoms with van der Waals surface area (Å²) in [5.74, 6) is 0.0260. The third kappa shape index (κ3) is 5.53. The number of pyridine rings is 2. The summed E-state index contributed by atoms with van der Waals surface area (Å²) in [5, 5.41) is 10.2. The lowest BCUT2D eigenvalue weighted by atomic mass is 9.99. The zero-order chi connectivity index (χ0) is 26.8. The molecule has 0 radical (unpaired) electrons. The largest absolute Gasteiger partial charge is 0.481 e. The van der Waals surface area contributed by atoms with Crippen molar-refractivity contribution in [3.8, 4) is 0 Å². The maximum atomic E-state index is 13.2. The van der Waals surface area contributed by atoms with E-state index in [0.29, 0.717) is 43.0 Å². The van der Waals surface area contributed by atoms with Crippen LogP contribution in [0.2, 0.25) is 0 Å². The van der Waals surface area contributed by atoms with Gasteiger partial charge in [0.15, 0.2) is 0 Å². The SMILES string of the molecule is COC(=N)c1cc(N2CCC(N(C)C(=O)Nc3cc(C(F)(F)F)cn(C)c3=O)C(OC)C2)cnc1N. The number of nitrogens with one attached hydrogen (secondary N) is 2. The Balaban J connectivity index is 1.76. The van der Waals surface area contributed by atoms with Crippen molar-refractivity contribution in [2.24, 2.45) is 7.05 Å². The van der Waals surface area contributed by atoms with Gasteiger partial charge in [0.05, 0.1) is 42.3 Å². The van der Waals surface area contributed by atoms with E-state index in [1.165, 1.54) is 33.2 Å². The molecule has 3 rings (SSSR count). The van der Waals surface area contributed by atoms with Gasteiger partial charge < -0.3 is 34.9 Å². The number of carbonyl (C=O) groups is 1. The van der Waals surface area contributed by atoms with Gasteiger partial charge in [-0.1, -0.05) is 0 Å². The van der Waals surface area contributed by atoms with Crippen LogP contribution in [0, 0.1) is 5.41 Å². The van der Waals surface area contributed by atoms with Gasteiger partial charge in [0, 0.05) is 40.5 Å². The van der Waals surface area contributed by atoms with Gasteiger partial charge in [0.25, 0.3) is 5.56 Å². The van der Waals surface area contributed by atoms with Crippen molar-refractivity contribution in [3.63, 3.8) is 0 Å². The van der Waals surface area contributed by atoms with E-state index in [9.17, 15) is 22.8 Å². The van der Waals surface area contributed by atoms with Crippen LogP contribution in [-0.2, 0) is 22.7 Å². The fraction of sp³-hybridized carbons (Fsp3) is 0.455. The van der Waals surface area contributed by atoms with E-state index >= 15 is 0 Å². The number of nitrogens with two attached hydrogens (primary N) is 1. The van der Waals surface area contributed by atoms with Crippen LogP contribution in [0.25, 0.3) is 0 Å². The predicted molar refractivity (Wildman–Crippen MR) is 127 cm³/mol. The summed E-state index contributed by atoms with van der Waals surface area (Å²) in [6, 6.07) is 1.13. The first-order valence-electron chi connectivity index (χ1n) is 10.8. The normalized spacial score (nSPS) is 18.0. The Bertz CT molecular complexity index is 1200. The van der Waals surface area contributed by atoms with Crippen LogP contribution < -0.4 is 21.5 Å². The van der Waals surface area contributed by atoms with E-state index in [0.717, 1.165) is 4.57 Å². The number of aryl methyl sites for hydroxylation is 1. The number of hydrogen-bond acceptors (Lipinski definition) is 8. The van der Waals surface area contributed by atoms with Crippen molar-refractivity contribution in [3.05, 3.63) is 46.0 Å². The number of urea groups is 1. The minimum Gasteiger partial charge on any atom is -0.481 e. The minimum atomic E-state index is -4.68. The number of hydrogen-bond donors (Lipinski definition) is 3. The summed E-state index contributed by atoms with van der Waals surface area (Å²) >= 11 is 0. The number of nitrogen functional groups attached to an aromatic ring is 1. The second-order valence-electron chi connectivity index (χ2n) is 8.33. The molecule has 0 aliphatic carbocycles. The van der Waals surface area contributed by atoms with Crippen molar-refractivity contribution in [1.82, 2.24) is 14.5 Å². The molecule has 0 bridgehead atoms. The maximum Gasteiger partial charge on any atom is 0.417 e. The van der Waals surface area contributed by atoms with Gasteiger partial charge in [0.1, 0.15) is 11.5 Å². The van der Waals surface area contributed by atoms with Crippen LogP contribution in [0.4, 0.5) is 35.2 Å². The van der Waals surface area contributed by atoms with Crippen LogP contribution in [0.1, 0.15) is 17.5 Å². The molecule has 36 heavy (non-hydrogen) atoms. The molecule has 0 spiro atoms. The molecule has 2 unspecified atom stereocenters.